The van der Waals surface area contributed by atoms with Gasteiger partial charge in [-0.25, -0.2) is 4.99 Å². The van der Waals surface area contributed by atoms with E-state index in [0.29, 0.717) is 0 Å². The Balaban J connectivity index is 1.69. The Morgan fingerprint density at radius 2 is 1.28 bits per heavy atom. The van der Waals surface area contributed by atoms with Crippen LogP contribution in [0, 0.1) is 0 Å². The summed E-state index contributed by atoms with van der Waals surface area (Å²) in [6.45, 7) is 0.00121. The first-order valence-electron chi connectivity index (χ1n) is 17.0. The first kappa shape index (κ1) is 43.5. The summed E-state index contributed by atoms with van der Waals surface area (Å²) in [5.41, 5.74) is -0.578. The van der Waals surface area contributed by atoms with Gasteiger partial charge in [-0.3, -0.25) is 27.8 Å². The lowest BCUT2D eigenvalue weighted by Gasteiger charge is -2.22. The topological polar surface area (TPSA) is 313 Å². The number of benzene rings is 5. The van der Waals surface area contributed by atoms with Gasteiger partial charge in [-0.2, -0.15) is 33.7 Å². The lowest BCUT2D eigenvalue weighted by Crippen LogP contribution is -2.28. The molecule has 6 N–H and O–H groups in total. The number of carbonyl (C=O) groups is 2. The number of fused-ring (bicyclic) bond motifs is 2. The molecule has 1 aliphatic carbocycles. The number of aliphatic carboxylic acids is 1. The minimum atomic E-state index is -5.16. The zero-order valence-corrected chi connectivity index (χ0v) is 33.9. The van der Waals surface area contributed by atoms with Gasteiger partial charge in [-0.05, 0) is 78.7 Å². The molecule has 1 heterocycles. The van der Waals surface area contributed by atoms with Gasteiger partial charge in [0.1, 0.15) is 21.1 Å². The maximum atomic E-state index is 14.0. The molecule has 4 aromatic carbocycles. The monoisotopic (exact) mass is 901 g/mol. The number of carbonyl (C=O) groups excluding carboxylic acids is 1. The van der Waals surface area contributed by atoms with Gasteiger partial charge in [0, 0.05) is 59.9 Å². The van der Waals surface area contributed by atoms with Crippen LogP contribution in [0.4, 0.5) is 17.1 Å². The Hall–Kier alpha value is -6.05. The fourth-order valence-corrected chi connectivity index (χ4v) is 8.44. The van der Waals surface area contributed by atoms with E-state index in [1.54, 1.807) is 0 Å². The molecule has 0 spiro atoms. The molecular weight excluding hydrogens is 871 g/mol. The van der Waals surface area contributed by atoms with Gasteiger partial charge in [0.15, 0.2) is 0 Å². The average molecular weight is 902 g/mol. The minimum absolute atomic E-state index is 0.00121. The van der Waals surface area contributed by atoms with Gasteiger partial charge < -0.3 is 19.7 Å². The van der Waals surface area contributed by atoms with Crippen LogP contribution in [0.25, 0.3) is 33.4 Å². The fourth-order valence-electron chi connectivity index (χ4n) is 6.19. The highest BCUT2D eigenvalue weighted by molar-refractivity contribution is 7.86. The summed E-state index contributed by atoms with van der Waals surface area (Å²) < 4.78 is 144. The van der Waals surface area contributed by atoms with Gasteiger partial charge in [0.05, 0.1) is 26.5 Å². The first-order chi connectivity index (χ1) is 27.9. The predicted octanol–water partition coefficient (Wildman–Crippen LogP) is 5.10. The Morgan fingerprint density at radius 3 is 1.85 bits per heavy atom. The number of hydrogen-bond acceptors (Lipinski definition) is 13. The van der Waals surface area contributed by atoms with E-state index in [2.05, 4.69) is 10.3 Å². The van der Waals surface area contributed by atoms with Crippen LogP contribution in [-0.4, -0.2) is 87.4 Å². The summed E-state index contributed by atoms with van der Waals surface area (Å²) >= 11 is 0. The number of nitrogens with one attached hydrogen (secondary N) is 1. The van der Waals surface area contributed by atoms with Crippen LogP contribution < -0.4 is 10.7 Å². The molecule has 19 nitrogen and oxygen atoms in total. The number of amides is 1. The highest BCUT2D eigenvalue weighted by Crippen LogP contribution is 2.44. The van der Waals surface area contributed by atoms with Crippen molar-refractivity contribution in [3.63, 3.8) is 0 Å². The van der Waals surface area contributed by atoms with E-state index in [9.17, 15) is 61.5 Å². The van der Waals surface area contributed by atoms with E-state index >= 15 is 0 Å². The molecule has 23 heteroatoms. The largest absolute Gasteiger partial charge is 0.481 e. The molecule has 6 rings (SSSR count). The molecule has 0 radical (unpaired) electrons. The van der Waals surface area contributed by atoms with Crippen molar-refractivity contribution < 1.29 is 71.0 Å². The molecule has 0 unspecified atom stereocenters. The van der Waals surface area contributed by atoms with E-state index in [1.165, 1.54) is 48.3 Å². The number of anilines is 2. The molecule has 314 valence electrons. The van der Waals surface area contributed by atoms with Gasteiger partial charge in [-0.1, -0.05) is 18.2 Å². The van der Waals surface area contributed by atoms with Crippen molar-refractivity contribution in [2.75, 3.05) is 18.9 Å². The predicted molar refractivity (Wildman–Crippen MR) is 213 cm³/mol. The molecule has 4 aromatic rings. The molecule has 0 bridgehead atoms. The first-order valence-corrected chi connectivity index (χ1v) is 22.7. The van der Waals surface area contributed by atoms with Gasteiger partial charge in [-0.15, -0.1) is 0 Å². The number of carboxylic acids is 1. The van der Waals surface area contributed by atoms with Crippen molar-refractivity contribution in [2.24, 2.45) is 4.99 Å². The molecule has 1 amide bonds. The summed E-state index contributed by atoms with van der Waals surface area (Å²) in [7, 11) is -18.1. The SMILES string of the molecule is CN(CCCC(=O)O)C(=O)c1ccccc1-c1c2cc(S(=O)(=O)O)c(=Nc3ccc(S(=O)(=O)O)cc3)cc-2oc2cc(Nc3ccc(S(=O)(=O)O)cc3)c(S(=O)(=O)O)cc12. The van der Waals surface area contributed by atoms with Crippen molar-refractivity contribution in [2.45, 2.75) is 32.4 Å². The lowest BCUT2D eigenvalue weighted by molar-refractivity contribution is -0.137. The second-order valence-corrected chi connectivity index (χ2v) is 18.7. The van der Waals surface area contributed by atoms with Crippen LogP contribution in [-0.2, 0) is 45.3 Å². The van der Waals surface area contributed by atoms with E-state index in [0.717, 1.165) is 60.7 Å². The maximum Gasteiger partial charge on any atom is 0.303 e. The second kappa shape index (κ2) is 16.2. The van der Waals surface area contributed by atoms with Crippen LogP contribution in [0.1, 0.15) is 23.2 Å². The van der Waals surface area contributed by atoms with Crippen molar-refractivity contribution >= 4 is 80.4 Å². The Morgan fingerprint density at radius 1 is 0.700 bits per heavy atom. The third-order valence-corrected chi connectivity index (χ3v) is 12.4. The molecule has 1 aliphatic heterocycles. The third-order valence-electron chi connectivity index (χ3n) is 8.93. The van der Waals surface area contributed by atoms with E-state index in [-0.39, 0.29) is 75.4 Å². The number of carboxylic acid groups (broad SMARTS) is 1. The molecule has 0 atom stereocenters. The molecule has 60 heavy (non-hydrogen) atoms. The van der Waals surface area contributed by atoms with E-state index in [1.807, 2.05) is 0 Å². The Labute approximate surface area is 341 Å². The Kier molecular flexibility index (Phi) is 11.7. The highest BCUT2D eigenvalue weighted by Gasteiger charge is 2.28. The molecule has 2 aliphatic rings. The molecular formula is C37H31N3O16S4. The normalized spacial score (nSPS) is 12.8. The van der Waals surface area contributed by atoms with Gasteiger partial charge in [0.2, 0.25) is 0 Å². The maximum absolute atomic E-state index is 14.0. The van der Waals surface area contributed by atoms with Crippen molar-refractivity contribution in [1.82, 2.24) is 4.90 Å². The van der Waals surface area contributed by atoms with Crippen LogP contribution in [0.5, 0.6) is 0 Å². The lowest BCUT2D eigenvalue weighted by atomic mass is 9.90. The molecule has 0 fully saturated rings. The number of hydrogen-bond donors (Lipinski definition) is 6. The summed E-state index contributed by atoms with van der Waals surface area (Å²) in [6, 6.07) is 18.7. The Bertz CT molecular complexity index is 3200. The fraction of sp³-hybridized carbons (Fsp3) is 0.108. The summed E-state index contributed by atoms with van der Waals surface area (Å²) in [5, 5.41) is 11.3. The van der Waals surface area contributed by atoms with Crippen molar-refractivity contribution in [1.29, 1.82) is 0 Å². The molecule has 0 saturated heterocycles. The molecule has 0 aromatic heterocycles. The molecule has 0 saturated carbocycles. The third kappa shape index (κ3) is 9.53. The summed E-state index contributed by atoms with van der Waals surface area (Å²) in [4.78, 5) is 28.1. The van der Waals surface area contributed by atoms with Crippen LogP contribution in [0.3, 0.4) is 0 Å². The zero-order chi connectivity index (χ0) is 43.9. The smallest absolute Gasteiger partial charge is 0.303 e. The van der Waals surface area contributed by atoms with E-state index < -0.39 is 77.3 Å². The van der Waals surface area contributed by atoms with Gasteiger partial charge in [0.25, 0.3) is 46.4 Å². The summed E-state index contributed by atoms with van der Waals surface area (Å²) in [5.74, 6) is -1.88. The van der Waals surface area contributed by atoms with Crippen molar-refractivity contribution in [3.8, 4) is 22.5 Å². The second-order valence-electron chi connectivity index (χ2n) is 13.1. The van der Waals surface area contributed by atoms with Gasteiger partial charge >= 0.3 is 5.97 Å². The quantitative estimate of drug-likeness (QED) is 0.0648. The van der Waals surface area contributed by atoms with Crippen molar-refractivity contribution in [3.05, 3.63) is 108 Å². The minimum Gasteiger partial charge on any atom is -0.481 e. The standard InChI is InChI=1S/C37H31N3O16S4/c1-40(16-4-7-35(41)42)37(43)26-6-3-2-5-25(26)36-27-17-33(59(50,51)52)29(38-21-8-12-23(13-9-21)57(44,45)46)19-31(27)56-32-20-30(34(18-28(32)36)60(53,54)55)39-22-10-14-24(15-11-22)58(47,48)49/h2-3,5-6,8-15,17-20,38H,4,7,16H2,1H3,(H,41,42)(H,44,45,46)(H,47,48,49)(H,50,51,52)(H,53,54,55). The zero-order valence-electron chi connectivity index (χ0n) is 30.6. The number of rotatable bonds is 13. The van der Waals surface area contributed by atoms with Crippen LogP contribution >= 0.6 is 0 Å². The van der Waals surface area contributed by atoms with Crippen LogP contribution in [0.15, 0.2) is 126 Å². The highest BCUT2D eigenvalue weighted by atomic mass is 32.2. The number of nitrogens with zero attached hydrogens (tertiary/aromatic N) is 2. The average Bonchev–Trinajstić information content (AvgIpc) is 3.15. The van der Waals surface area contributed by atoms with Crippen LogP contribution in [0.2, 0.25) is 0 Å². The van der Waals surface area contributed by atoms with E-state index in [4.69, 9.17) is 9.52 Å². The summed E-state index contributed by atoms with van der Waals surface area (Å²) in [6.07, 6.45) is -0.158.